The van der Waals surface area contributed by atoms with E-state index in [0.29, 0.717) is 6.61 Å². The van der Waals surface area contributed by atoms with Crippen LogP contribution >= 0.6 is 0 Å². The van der Waals surface area contributed by atoms with Crippen molar-refractivity contribution in [2.24, 2.45) is 0 Å². The molecule has 8 heteroatoms. The molecule has 196 valence electrons. The first-order valence-corrected chi connectivity index (χ1v) is 18.8. The van der Waals surface area contributed by atoms with Crippen LogP contribution in [0.5, 0.6) is 0 Å². The van der Waals surface area contributed by atoms with E-state index in [1.165, 1.54) is 6.08 Å². The van der Waals surface area contributed by atoms with Gasteiger partial charge in [-0.3, -0.25) is 0 Å². The minimum atomic E-state index is -2.00. The van der Waals surface area contributed by atoms with Crippen LogP contribution < -0.4 is 0 Å². The van der Waals surface area contributed by atoms with E-state index in [-0.39, 0.29) is 52.7 Å². The van der Waals surface area contributed by atoms with Crippen molar-refractivity contribution in [2.75, 3.05) is 6.61 Å². The fourth-order valence-electron chi connectivity index (χ4n) is 4.31. The summed E-state index contributed by atoms with van der Waals surface area (Å²) in [6.45, 7) is 23.4. The Morgan fingerprint density at radius 1 is 0.882 bits per heavy atom. The van der Waals surface area contributed by atoms with E-state index in [1.807, 2.05) is 6.08 Å². The number of ether oxygens (including phenoxy) is 3. The van der Waals surface area contributed by atoms with Crippen LogP contribution in [0.15, 0.2) is 12.2 Å². The quantitative estimate of drug-likeness (QED) is 0.295. The molecular weight excluding hydrogens is 464 g/mol. The molecule has 6 nitrogen and oxygen atoms in total. The fraction of sp³-hybridized carbons (Fsp3) is 0.885. The van der Waals surface area contributed by atoms with Gasteiger partial charge in [-0.05, 0) is 68.0 Å². The van der Waals surface area contributed by atoms with Gasteiger partial charge in [0.1, 0.15) is 6.10 Å². The maximum absolute atomic E-state index is 11.4. The van der Waals surface area contributed by atoms with E-state index in [0.717, 1.165) is 25.7 Å². The third-order valence-electron chi connectivity index (χ3n) is 8.71. The second kappa shape index (κ2) is 10.1. The van der Waals surface area contributed by atoms with E-state index in [2.05, 4.69) is 67.7 Å². The summed E-state index contributed by atoms with van der Waals surface area (Å²) in [5, 5.41) is 0.271. The zero-order chi connectivity index (χ0) is 25.5. The van der Waals surface area contributed by atoms with E-state index in [1.54, 1.807) is 0 Å². The van der Waals surface area contributed by atoms with Crippen LogP contribution in [0.4, 0.5) is 0 Å². The lowest BCUT2D eigenvalue weighted by atomic mass is 10.0. The molecule has 3 heterocycles. The van der Waals surface area contributed by atoms with Crippen LogP contribution in [0.25, 0.3) is 0 Å². The monoisotopic (exact) mass is 512 g/mol. The normalized spacial score (nSPS) is 31.8. The minimum Gasteiger partial charge on any atom is -0.452 e. The van der Waals surface area contributed by atoms with Gasteiger partial charge in [0.25, 0.3) is 0 Å². The molecule has 0 N–H and O–H groups in total. The van der Waals surface area contributed by atoms with Crippen LogP contribution in [0.3, 0.4) is 0 Å². The van der Waals surface area contributed by atoms with Gasteiger partial charge in [-0.1, -0.05) is 41.5 Å². The summed E-state index contributed by atoms with van der Waals surface area (Å²) in [6, 6.07) is 0. The number of rotatable bonds is 8. The Hall–Kier alpha value is -0.516. The average molecular weight is 513 g/mol. The SMILES string of the molecule is CC(C)(C)[Si](C)(C)OC[C@@H](O[Si](C)(C)C(C)(C)C)[C@H]1CC[C@H]([C@H]2CC[C@H]([C@H]3C=CC(=O)O3)O2)O1. The molecular formula is C26H48O6Si2. The van der Waals surface area contributed by atoms with Gasteiger partial charge in [-0.15, -0.1) is 0 Å². The third kappa shape index (κ3) is 6.42. The summed E-state index contributed by atoms with van der Waals surface area (Å²) >= 11 is 0. The molecule has 0 bridgehead atoms. The molecule has 2 saturated heterocycles. The van der Waals surface area contributed by atoms with Crippen LogP contribution in [-0.2, 0) is 27.9 Å². The zero-order valence-electron chi connectivity index (χ0n) is 23.1. The summed E-state index contributed by atoms with van der Waals surface area (Å²) in [7, 11) is -3.90. The lowest BCUT2D eigenvalue weighted by Crippen LogP contribution is -2.51. The van der Waals surface area contributed by atoms with Crippen LogP contribution in [-0.4, -0.2) is 65.8 Å². The lowest BCUT2D eigenvalue weighted by Gasteiger charge is -2.43. The Bertz CT molecular complexity index is 751. The van der Waals surface area contributed by atoms with E-state index in [9.17, 15) is 4.79 Å². The van der Waals surface area contributed by atoms with Gasteiger partial charge in [0.2, 0.25) is 0 Å². The first-order valence-electron chi connectivity index (χ1n) is 13.0. The molecule has 2 fully saturated rings. The van der Waals surface area contributed by atoms with Crippen molar-refractivity contribution in [3.05, 3.63) is 12.2 Å². The predicted octanol–water partition coefficient (Wildman–Crippen LogP) is 5.98. The van der Waals surface area contributed by atoms with Crippen molar-refractivity contribution in [1.29, 1.82) is 0 Å². The molecule has 0 spiro atoms. The highest BCUT2D eigenvalue weighted by Crippen LogP contribution is 2.41. The molecule has 3 rings (SSSR count). The van der Waals surface area contributed by atoms with Crippen molar-refractivity contribution >= 4 is 22.6 Å². The highest BCUT2D eigenvalue weighted by atomic mass is 28.4. The molecule has 6 atom stereocenters. The molecule has 3 aliphatic heterocycles. The number of carbonyl (C=O) groups excluding carboxylic acids is 1. The highest BCUT2D eigenvalue weighted by molar-refractivity contribution is 6.74. The largest absolute Gasteiger partial charge is 0.452 e. The van der Waals surface area contributed by atoms with Gasteiger partial charge in [0.05, 0.1) is 37.1 Å². The second-order valence-corrected chi connectivity index (χ2v) is 22.9. The number of hydrogen-bond donors (Lipinski definition) is 0. The zero-order valence-corrected chi connectivity index (χ0v) is 25.1. The lowest BCUT2D eigenvalue weighted by molar-refractivity contribution is -0.147. The first kappa shape index (κ1) is 28.1. The molecule has 0 aromatic heterocycles. The standard InChI is InChI=1S/C26H48O6Si2/c1-25(2,3)33(7,8)28-17-23(32-34(9,10)26(4,5)6)22-14-13-19(30-22)18-11-12-20(29-18)21-15-16-24(27)31-21/h15-16,18-23H,11-14,17H2,1-10H3/t18-,19-,20-,21-,22-,23-/m1/s1. The fourth-order valence-corrected chi connectivity index (χ4v) is 6.65. The number of hydrogen-bond acceptors (Lipinski definition) is 6. The summed E-state index contributed by atoms with van der Waals surface area (Å²) in [5.41, 5.74) is 0. The molecule has 0 aliphatic carbocycles. The van der Waals surface area contributed by atoms with Crippen LogP contribution in [0, 0.1) is 0 Å². The predicted molar refractivity (Wildman–Crippen MR) is 140 cm³/mol. The molecule has 0 amide bonds. The van der Waals surface area contributed by atoms with Gasteiger partial charge in [-0.25, -0.2) is 4.79 Å². The number of carbonyl (C=O) groups is 1. The first-order chi connectivity index (χ1) is 15.5. The van der Waals surface area contributed by atoms with Gasteiger partial charge in [-0.2, -0.15) is 0 Å². The average Bonchev–Trinajstić information content (AvgIpc) is 3.42. The molecule has 0 unspecified atom stereocenters. The molecule has 34 heavy (non-hydrogen) atoms. The Morgan fingerprint density at radius 3 is 2.00 bits per heavy atom. The van der Waals surface area contributed by atoms with Gasteiger partial charge < -0.3 is 23.1 Å². The molecule has 0 aromatic rings. The Kier molecular flexibility index (Phi) is 8.33. The minimum absolute atomic E-state index is 0.00995. The van der Waals surface area contributed by atoms with E-state index >= 15 is 0 Å². The Labute approximate surface area is 209 Å². The topological polar surface area (TPSA) is 63.2 Å². The summed E-state index contributed by atoms with van der Waals surface area (Å²) in [5.74, 6) is -0.276. The maximum Gasteiger partial charge on any atom is 0.331 e. The summed E-state index contributed by atoms with van der Waals surface area (Å²) in [6.07, 6.45) is 6.73. The van der Waals surface area contributed by atoms with E-state index in [4.69, 9.17) is 23.1 Å². The summed E-state index contributed by atoms with van der Waals surface area (Å²) in [4.78, 5) is 11.4. The van der Waals surface area contributed by atoms with Crippen LogP contribution in [0.2, 0.25) is 36.3 Å². The third-order valence-corrected chi connectivity index (χ3v) is 17.7. The van der Waals surface area contributed by atoms with Crippen molar-refractivity contribution < 1.29 is 27.9 Å². The van der Waals surface area contributed by atoms with Crippen molar-refractivity contribution in [1.82, 2.24) is 0 Å². The maximum atomic E-state index is 11.4. The smallest absolute Gasteiger partial charge is 0.331 e. The molecule has 0 aromatic carbocycles. The van der Waals surface area contributed by atoms with Crippen LogP contribution in [0.1, 0.15) is 67.2 Å². The van der Waals surface area contributed by atoms with Gasteiger partial charge >= 0.3 is 5.97 Å². The summed E-state index contributed by atoms with van der Waals surface area (Å²) < 4.78 is 31.9. The molecule has 3 aliphatic rings. The van der Waals surface area contributed by atoms with Gasteiger partial charge in [0, 0.05) is 6.08 Å². The molecule has 0 saturated carbocycles. The Morgan fingerprint density at radius 2 is 1.44 bits per heavy atom. The van der Waals surface area contributed by atoms with E-state index < -0.39 is 16.6 Å². The Balaban J connectivity index is 1.65. The highest BCUT2D eigenvalue weighted by Gasteiger charge is 2.47. The number of cyclic esters (lactones) is 1. The number of esters is 1. The van der Waals surface area contributed by atoms with Crippen molar-refractivity contribution in [3.8, 4) is 0 Å². The van der Waals surface area contributed by atoms with Crippen molar-refractivity contribution in [2.45, 2.75) is 140 Å². The molecule has 0 radical (unpaired) electrons. The second-order valence-electron chi connectivity index (χ2n) is 13.3. The van der Waals surface area contributed by atoms with Gasteiger partial charge in [0.15, 0.2) is 16.6 Å². The van der Waals surface area contributed by atoms with Crippen molar-refractivity contribution in [3.63, 3.8) is 0 Å².